The molecule has 2 aromatic carbocycles. The summed E-state index contributed by atoms with van der Waals surface area (Å²) in [6, 6.07) is 15.2. The SMILES string of the molecule is Cc1ccccc1C(=O)N1CCN(c2ccc(C(C)C)cc2)C(=O)C1C. The van der Waals surface area contributed by atoms with E-state index in [1.165, 1.54) is 5.56 Å². The fourth-order valence-corrected chi connectivity index (χ4v) is 3.41. The van der Waals surface area contributed by atoms with Gasteiger partial charge in [-0.05, 0) is 49.1 Å². The number of hydrogen-bond acceptors (Lipinski definition) is 2. The van der Waals surface area contributed by atoms with Crippen molar-refractivity contribution in [3.63, 3.8) is 0 Å². The third-order valence-corrected chi connectivity index (χ3v) is 5.16. The van der Waals surface area contributed by atoms with Gasteiger partial charge in [-0.2, -0.15) is 0 Å². The molecule has 136 valence electrons. The molecule has 0 aliphatic carbocycles. The zero-order valence-electron chi connectivity index (χ0n) is 15.9. The molecule has 1 saturated heterocycles. The fourth-order valence-electron chi connectivity index (χ4n) is 3.41. The number of benzene rings is 2. The predicted octanol–water partition coefficient (Wildman–Crippen LogP) is 4.00. The standard InChI is InChI=1S/C22H26N2O2/c1-15(2)18-9-11-19(12-10-18)24-14-13-23(17(4)21(24)25)22(26)20-8-6-5-7-16(20)3/h5-12,15,17H,13-14H2,1-4H3. The van der Waals surface area contributed by atoms with Crippen LogP contribution in [0.25, 0.3) is 0 Å². The quantitative estimate of drug-likeness (QED) is 0.840. The molecule has 0 radical (unpaired) electrons. The van der Waals surface area contributed by atoms with Crippen LogP contribution < -0.4 is 4.90 Å². The molecule has 1 heterocycles. The van der Waals surface area contributed by atoms with Gasteiger partial charge in [0.2, 0.25) is 5.91 Å². The van der Waals surface area contributed by atoms with Gasteiger partial charge >= 0.3 is 0 Å². The van der Waals surface area contributed by atoms with Crippen molar-refractivity contribution in [3.05, 3.63) is 65.2 Å². The lowest BCUT2D eigenvalue weighted by Gasteiger charge is -2.39. The van der Waals surface area contributed by atoms with Gasteiger partial charge in [0, 0.05) is 24.3 Å². The summed E-state index contributed by atoms with van der Waals surface area (Å²) in [5.74, 6) is 0.358. The minimum atomic E-state index is -0.472. The second-order valence-corrected chi connectivity index (χ2v) is 7.23. The van der Waals surface area contributed by atoms with E-state index in [2.05, 4.69) is 26.0 Å². The van der Waals surface area contributed by atoms with E-state index in [1.807, 2.05) is 50.2 Å². The summed E-state index contributed by atoms with van der Waals surface area (Å²) in [6.45, 7) is 9.09. The first-order valence-corrected chi connectivity index (χ1v) is 9.18. The third-order valence-electron chi connectivity index (χ3n) is 5.16. The number of amides is 2. The van der Waals surface area contributed by atoms with Gasteiger partial charge in [0.05, 0.1) is 0 Å². The Bertz CT molecular complexity index is 811. The predicted molar refractivity (Wildman–Crippen MR) is 105 cm³/mol. The van der Waals surface area contributed by atoms with Crippen LogP contribution in [0.1, 0.15) is 48.2 Å². The first-order chi connectivity index (χ1) is 12.4. The maximum Gasteiger partial charge on any atom is 0.254 e. The first kappa shape index (κ1) is 18.2. The van der Waals surface area contributed by atoms with Crippen molar-refractivity contribution in [1.82, 2.24) is 4.90 Å². The second-order valence-electron chi connectivity index (χ2n) is 7.23. The molecule has 2 amide bonds. The Balaban J connectivity index is 1.78. The molecule has 26 heavy (non-hydrogen) atoms. The first-order valence-electron chi connectivity index (χ1n) is 9.18. The highest BCUT2D eigenvalue weighted by Gasteiger charge is 2.35. The smallest absolute Gasteiger partial charge is 0.254 e. The third kappa shape index (κ3) is 3.36. The van der Waals surface area contributed by atoms with Crippen LogP contribution in [0.4, 0.5) is 5.69 Å². The summed E-state index contributed by atoms with van der Waals surface area (Å²) in [5, 5.41) is 0. The van der Waals surface area contributed by atoms with Crippen molar-refractivity contribution in [2.45, 2.75) is 39.7 Å². The topological polar surface area (TPSA) is 40.6 Å². The highest BCUT2D eigenvalue weighted by atomic mass is 16.2. The molecule has 1 aliphatic heterocycles. The normalized spacial score (nSPS) is 17.7. The van der Waals surface area contributed by atoms with Gasteiger partial charge in [-0.3, -0.25) is 9.59 Å². The summed E-state index contributed by atoms with van der Waals surface area (Å²) in [7, 11) is 0. The molecule has 1 aliphatic rings. The zero-order chi connectivity index (χ0) is 18.8. The van der Waals surface area contributed by atoms with Crippen LogP contribution >= 0.6 is 0 Å². The Morgan fingerprint density at radius 3 is 2.31 bits per heavy atom. The molecule has 1 fully saturated rings. The lowest BCUT2D eigenvalue weighted by Crippen LogP contribution is -2.57. The van der Waals surface area contributed by atoms with Crippen LogP contribution in [0.3, 0.4) is 0 Å². The molecule has 1 unspecified atom stereocenters. The molecule has 2 aromatic rings. The molecule has 4 nitrogen and oxygen atoms in total. The maximum atomic E-state index is 12.9. The molecular weight excluding hydrogens is 324 g/mol. The molecule has 0 aromatic heterocycles. The molecule has 3 rings (SSSR count). The van der Waals surface area contributed by atoms with Crippen LogP contribution in [-0.2, 0) is 4.79 Å². The summed E-state index contributed by atoms with van der Waals surface area (Å²) in [4.78, 5) is 29.3. The van der Waals surface area contributed by atoms with Crippen LogP contribution in [-0.4, -0.2) is 35.8 Å². The molecule has 4 heteroatoms. The van der Waals surface area contributed by atoms with Gasteiger partial charge in [0.25, 0.3) is 5.91 Å². The average molecular weight is 350 g/mol. The van der Waals surface area contributed by atoms with E-state index in [4.69, 9.17) is 0 Å². The molecule has 0 bridgehead atoms. The van der Waals surface area contributed by atoms with Crippen LogP contribution in [0.2, 0.25) is 0 Å². The maximum absolute atomic E-state index is 12.9. The Labute approximate surface area is 155 Å². The summed E-state index contributed by atoms with van der Waals surface area (Å²) < 4.78 is 0. The largest absolute Gasteiger partial charge is 0.325 e. The van der Waals surface area contributed by atoms with Crippen LogP contribution in [0, 0.1) is 6.92 Å². The molecule has 0 saturated carbocycles. The molecule has 1 atom stereocenters. The van der Waals surface area contributed by atoms with E-state index < -0.39 is 6.04 Å². The minimum absolute atomic E-state index is 0.0320. The number of carbonyl (C=O) groups is 2. The number of hydrogen-bond donors (Lipinski definition) is 0. The fraction of sp³-hybridized carbons (Fsp3) is 0.364. The van der Waals surface area contributed by atoms with Gasteiger partial charge in [-0.25, -0.2) is 0 Å². The van der Waals surface area contributed by atoms with Gasteiger partial charge in [0.1, 0.15) is 6.04 Å². The summed E-state index contributed by atoms with van der Waals surface area (Å²) >= 11 is 0. The van der Waals surface area contributed by atoms with E-state index >= 15 is 0 Å². The van der Waals surface area contributed by atoms with Gasteiger partial charge in [0.15, 0.2) is 0 Å². The van der Waals surface area contributed by atoms with E-state index in [-0.39, 0.29) is 11.8 Å². The number of anilines is 1. The van der Waals surface area contributed by atoms with E-state index in [9.17, 15) is 9.59 Å². The highest BCUT2D eigenvalue weighted by Crippen LogP contribution is 2.24. The van der Waals surface area contributed by atoms with Crippen molar-refractivity contribution >= 4 is 17.5 Å². The Kier molecular flexibility index (Phi) is 5.12. The number of rotatable bonds is 3. The number of carbonyl (C=O) groups excluding carboxylic acids is 2. The average Bonchev–Trinajstić information content (AvgIpc) is 2.64. The van der Waals surface area contributed by atoms with E-state index in [0.29, 0.717) is 24.6 Å². The van der Waals surface area contributed by atoms with Crippen molar-refractivity contribution in [1.29, 1.82) is 0 Å². The number of aryl methyl sites for hydroxylation is 1. The van der Waals surface area contributed by atoms with Crippen LogP contribution in [0.15, 0.2) is 48.5 Å². The Morgan fingerprint density at radius 2 is 1.69 bits per heavy atom. The summed E-state index contributed by atoms with van der Waals surface area (Å²) in [5.41, 5.74) is 3.75. The van der Waals surface area contributed by atoms with Crippen molar-refractivity contribution in [2.75, 3.05) is 18.0 Å². The zero-order valence-corrected chi connectivity index (χ0v) is 15.9. The number of nitrogens with zero attached hydrogens (tertiary/aromatic N) is 2. The minimum Gasteiger partial charge on any atom is -0.325 e. The molecule has 0 spiro atoms. The lowest BCUT2D eigenvalue weighted by atomic mass is 10.0. The van der Waals surface area contributed by atoms with Gasteiger partial charge in [-0.1, -0.05) is 44.2 Å². The van der Waals surface area contributed by atoms with E-state index in [1.54, 1.807) is 9.80 Å². The van der Waals surface area contributed by atoms with Crippen molar-refractivity contribution < 1.29 is 9.59 Å². The van der Waals surface area contributed by atoms with Gasteiger partial charge in [-0.15, -0.1) is 0 Å². The van der Waals surface area contributed by atoms with Crippen molar-refractivity contribution in [3.8, 4) is 0 Å². The van der Waals surface area contributed by atoms with Gasteiger partial charge < -0.3 is 9.80 Å². The van der Waals surface area contributed by atoms with Crippen LogP contribution in [0.5, 0.6) is 0 Å². The van der Waals surface area contributed by atoms with Crippen molar-refractivity contribution in [2.24, 2.45) is 0 Å². The summed E-state index contributed by atoms with van der Waals surface area (Å²) in [6.07, 6.45) is 0. The second kappa shape index (κ2) is 7.32. The lowest BCUT2D eigenvalue weighted by molar-refractivity contribution is -0.124. The Hall–Kier alpha value is -2.62. The monoisotopic (exact) mass is 350 g/mol. The van der Waals surface area contributed by atoms with E-state index in [0.717, 1.165) is 11.3 Å². The molecule has 0 N–H and O–H groups in total. The highest BCUT2D eigenvalue weighted by molar-refractivity contribution is 6.03. The Morgan fingerprint density at radius 1 is 1.04 bits per heavy atom. The number of piperazine rings is 1. The molecular formula is C22H26N2O2.